The Hall–Kier alpha value is -1.94. The zero-order valence-corrected chi connectivity index (χ0v) is 19.6. The summed E-state index contributed by atoms with van der Waals surface area (Å²) < 4.78 is 51.3. The maximum atomic E-state index is 13.2. The second kappa shape index (κ2) is 9.05. The van der Waals surface area contributed by atoms with Crippen LogP contribution in [0.5, 0.6) is 0 Å². The molecule has 0 fully saturated rings. The molecule has 0 saturated heterocycles. The van der Waals surface area contributed by atoms with E-state index in [9.17, 15) is 16.8 Å². The van der Waals surface area contributed by atoms with Gasteiger partial charge in [0.05, 0.1) is 10.6 Å². The molecule has 0 aliphatic carbocycles. The predicted octanol–water partition coefficient (Wildman–Crippen LogP) is 4.73. The first-order valence-electron chi connectivity index (χ1n) is 9.18. The average molecular weight is 485 g/mol. The van der Waals surface area contributed by atoms with Crippen molar-refractivity contribution in [1.82, 2.24) is 4.98 Å². The molecular formula is C20H21ClN2O4S3. The summed E-state index contributed by atoms with van der Waals surface area (Å²) in [4.78, 5) is 4.11. The third-order valence-electron chi connectivity index (χ3n) is 4.30. The summed E-state index contributed by atoms with van der Waals surface area (Å²) in [7, 11) is -7.69. The molecule has 0 aliphatic rings. The Labute approximate surface area is 185 Å². The molecule has 0 unspecified atom stereocenters. The van der Waals surface area contributed by atoms with E-state index in [0.717, 1.165) is 22.5 Å². The molecule has 0 bridgehead atoms. The van der Waals surface area contributed by atoms with E-state index in [-0.39, 0.29) is 31.6 Å². The van der Waals surface area contributed by atoms with E-state index in [1.165, 1.54) is 12.1 Å². The van der Waals surface area contributed by atoms with Crippen LogP contribution < -0.4 is 5.32 Å². The molecule has 10 heteroatoms. The molecule has 1 N–H and O–H groups in total. The van der Waals surface area contributed by atoms with Gasteiger partial charge in [0.15, 0.2) is 5.03 Å². The molecule has 0 aliphatic heterocycles. The SMILES string of the molecule is CCCS(=O)(=O)c1nc(S(=O)(=O)c2ccc(C)cc2)c(NCc2ccccc2Cl)s1. The highest BCUT2D eigenvalue weighted by molar-refractivity contribution is 7.94. The van der Waals surface area contributed by atoms with Gasteiger partial charge in [-0.3, -0.25) is 0 Å². The molecule has 3 rings (SSSR count). The number of aromatic nitrogens is 1. The summed E-state index contributed by atoms with van der Waals surface area (Å²) in [6.45, 7) is 3.82. The van der Waals surface area contributed by atoms with Gasteiger partial charge in [-0.15, -0.1) is 0 Å². The molecule has 1 heterocycles. The van der Waals surface area contributed by atoms with Gasteiger partial charge >= 0.3 is 0 Å². The van der Waals surface area contributed by atoms with Crippen LogP contribution in [0.1, 0.15) is 24.5 Å². The first kappa shape index (κ1) is 22.7. The Morgan fingerprint density at radius 1 is 1.03 bits per heavy atom. The number of nitrogens with one attached hydrogen (secondary N) is 1. The van der Waals surface area contributed by atoms with Crippen LogP contribution in [0.3, 0.4) is 0 Å². The van der Waals surface area contributed by atoms with Gasteiger partial charge in [-0.05, 0) is 37.1 Å². The van der Waals surface area contributed by atoms with E-state index < -0.39 is 19.7 Å². The number of rotatable bonds is 8. The zero-order chi connectivity index (χ0) is 21.9. The van der Waals surface area contributed by atoms with Crippen molar-refractivity contribution in [1.29, 1.82) is 0 Å². The van der Waals surface area contributed by atoms with Gasteiger partial charge < -0.3 is 5.32 Å². The van der Waals surface area contributed by atoms with Gasteiger partial charge in [-0.25, -0.2) is 21.8 Å². The Balaban J connectivity index is 2.07. The minimum atomic E-state index is -4.02. The molecule has 1 aromatic heterocycles. The fraction of sp³-hybridized carbons (Fsp3) is 0.250. The predicted molar refractivity (Wildman–Crippen MR) is 120 cm³/mol. The lowest BCUT2D eigenvalue weighted by Crippen LogP contribution is -2.09. The van der Waals surface area contributed by atoms with Crippen LogP contribution in [0.15, 0.2) is 62.8 Å². The molecule has 30 heavy (non-hydrogen) atoms. The number of halogens is 1. The third kappa shape index (κ3) is 4.85. The zero-order valence-electron chi connectivity index (χ0n) is 16.4. The first-order valence-corrected chi connectivity index (χ1v) is 13.5. The molecule has 0 saturated carbocycles. The number of thiazole rings is 1. The van der Waals surface area contributed by atoms with Crippen molar-refractivity contribution in [3.8, 4) is 0 Å². The van der Waals surface area contributed by atoms with Gasteiger partial charge in [-0.1, -0.05) is 65.8 Å². The monoisotopic (exact) mass is 484 g/mol. The second-order valence-electron chi connectivity index (χ2n) is 6.69. The van der Waals surface area contributed by atoms with Crippen molar-refractivity contribution in [3.63, 3.8) is 0 Å². The molecule has 160 valence electrons. The molecule has 6 nitrogen and oxygen atoms in total. The van der Waals surface area contributed by atoms with Gasteiger partial charge in [0, 0.05) is 11.6 Å². The fourth-order valence-electron chi connectivity index (χ4n) is 2.72. The van der Waals surface area contributed by atoms with Crippen molar-refractivity contribution in [2.24, 2.45) is 0 Å². The van der Waals surface area contributed by atoms with Gasteiger partial charge in [0.2, 0.25) is 24.0 Å². The lowest BCUT2D eigenvalue weighted by atomic mass is 10.2. The maximum absolute atomic E-state index is 13.2. The number of hydrogen-bond donors (Lipinski definition) is 1. The first-order chi connectivity index (χ1) is 14.1. The van der Waals surface area contributed by atoms with Crippen LogP contribution in [-0.2, 0) is 26.2 Å². The average Bonchev–Trinajstić information content (AvgIpc) is 3.14. The highest BCUT2D eigenvalue weighted by atomic mass is 35.5. The summed E-state index contributed by atoms with van der Waals surface area (Å²) in [6, 6.07) is 13.5. The summed E-state index contributed by atoms with van der Waals surface area (Å²) in [5.41, 5.74) is 1.67. The molecule has 0 radical (unpaired) electrons. The van der Waals surface area contributed by atoms with E-state index >= 15 is 0 Å². The highest BCUT2D eigenvalue weighted by Crippen LogP contribution is 2.35. The Morgan fingerprint density at radius 3 is 2.33 bits per heavy atom. The van der Waals surface area contributed by atoms with Crippen molar-refractivity contribution < 1.29 is 16.8 Å². The van der Waals surface area contributed by atoms with E-state index in [0.29, 0.717) is 11.4 Å². The molecule has 0 spiro atoms. The van der Waals surface area contributed by atoms with E-state index in [4.69, 9.17) is 11.6 Å². The maximum Gasteiger partial charge on any atom is 0.226 e. The van der Waals surface area contributed by atoms with Crippen LogP contribution in [-0.4, -0.2) is 27.6 Å². The fourth-order valence-corrected chi connectivity index (χ4v) is 7.27. The van der Waals surface area contributed by atoms with E-state index in [2.05, 4.69) is 10.3 Å². The van der Waals surface area contributed by atoms with Crippen LogP contribution in [0.4, 0.5) is 5.00 Å². The van der Waals surface area contributed by atoms with E-state index in [1.54, 1.807) is 37.3 Å². The van der Waals surface area contributed by atoms with Crippen LogP contribution in [0.25, 0.3) is 0 Å². The van der Waals surface area contributed by atoms with Crippen molar-refractivity contribution in [2.45, 2.75) is 41.1 Å². The third-order valence-corrected chi connectivity index (χ3v) is 9.88. The minimum Gasteiger partial charge on any atom is -0.370 e. The number of aryl methyl sites for hydroxylation is 1. The molecule has 3 aromatic rings. The second-order valence-corrected chi connectivity index (χ2v) is 12.2. The number of anilines is 1. The summed E-state index contributed by atoms with van der Waals surface area (Å²) in [6.07, 6.45) is 0.407. The quantitative estimate of drug-likeness (QED) is 0.496. The smallest absolute Gasteiger partial charge is 0.226 e. The van der Waals surface area contributed by atoms with Gasteiger partial charge in [0.1, 0.15) is 5.00 Å². The van der Waals surface area contributed by atoms with Crippen LogP contribution in [0.2, 0.25) is 5.02 Å². The summed E-state index contributed by atoms with van der Waals surface area (Å²) in [5, 5.41) is 3.42. The van der Waals surface area contributed by atoms with Crippen LogP contribution in [0, 0.1) is 6.92 Å². The van der Waals surface area contributed by atoms with Gasteiger partial charge in [-0.2, -0.15) is 0 Å². The van der Waals surface area contributed by atoms with Gasteiger partial charge in [0.25, 0.3) is 0 Å². The Kier molecular flexibility index (Phi) is 6.86. The Morgan fingerprint density at radius 2 is 1.70 bits per heavy atom. The number of benzene rings is 2. The summed E-state index contributed by atoms with van der Waals surface area (Å²) >= 11 is 7.01. The summed E-state index contributed by atoms with van der Waals surface area (Å²) in [5.74, 6) is -0.103. The standard InChI is InChI=1S/C20H21ClN2O4S3/c1-3-12-29(24,25)20-23-19(30(26,27)16-10-8-14(2)9-11-16)18(28-20)22-13-15-6-4-5-7-17(15)21/h4-11,22H,3,12-13H2,1-2H3. The minimum absolute atomic E-state index is 0.0543. The molecule has 0 atom stereocenters. The molecule has 2 aromatic carbocycles. The van der Waals surface area contributed by atoms with Crippen molar-refractivity contribution >= 4 is 47.6 Å². The topological polar surface area (TPSA) is 93.2 Å². The van der Waals surface area contributed by atoms with E-state index in [1.807, 2.05) is 13.0 Å². The largest absolute Gasteiger partial charge is 0.370 e. The number of nitrogens with zero attached hydrogens (tertiary/aromatic N) is 1. The van der Waals surface area contributed by atoms with Crippen molar-refractivity contribution in [3.05, 3.63) is 64.7 Å². The lowest BCUT2D eigenvalue weighted by Gasteiger charge is -2.08. The number of hydrogen-bond acceptors (Lipinski definition) is 7. The van der Waals surface area contributed by atoms with Crippen LogP contribution >= 0.6 is 22.9 Å². The molecule has 0 amide bonds. The lowest BCUT2D eigenvalue weighted by molar-refractivity contribution is 0.589. The van der Waals surface area contributed by atoms with Crippen molar-refractivity contribution in [2.75, 3.05) is 11.1 Å². The highest BCUT2D eigenvalue weighted by Gasteiger charge is 2.30. The number of sulfone groups is 2. The normalized spacial score (nSPS) is 12.1. The Bertz CT molecular complexity index is 1250. The molecular weight excluding hydrogens is 464 g/mol.